The third kappa shape index (κ3) is 3.11. The lowest BCUT2D eigenvalue weighted by molar-refractivity contribution is 0.0945. The van der Waals surface area contributed by atoms with Crippen molar-refractivity contribution in [2.75, 3.05) is 0 Å². The van der Waals surface area contributed by atoms with Crippen molar-refractivity contribution in [3.8, 4) is 11.3 Å². The molecule has 0 saturated carbocycles. The Morgan fingerprint density at radius 1 is 1.19 bits per heavy atom. The van der Waals surface area contributed by atoms with E-state index in [-0.39, 0.29) is 5.91 Å². The Bertz CT molecular complexity index is 1080. The molecular weight excluding hydrogens is 344 g/mol. The number of imidazole rings is 1. The van der Waals surface area contributed by atoms with Crippen LogP contribution in [0.1, 0.15) is 27.2 Å². The third-order valence-electron chi connectivity index (χ3n) is 4.31. The van der Waals surface area contributed by atoms with E-state index in [0.717, 1.165) is 21.8 Å². The molecule has 0 saturated heterocycles. The molecule has 4 rings (SSSR count). The lowest BCUT2D eigenvalue weighted by Gasteiger charge is -2.05. The van der Waals surface area contributed by atoms with Crippen LogP contribution >= 0.6 is 11.3 Å². The number of hydrogen-bond donors (Lipinski definition) is 1. The number of carbonyl (C=O) groups excluding carboxylic acids is 1. The zero-order chi connectivity index (χ0) is 18.1. The molecule has 0 fully saturated rings. The zero-order valence-corrected chi connectivity index (χ0v) is 15.4. The molecule has 0 atom stereocenters. The summed E-state index contributed by atoms with van der Waals surface area (Å²) in [6.45, 7) is 4.61. The average Bonchev–Trinajstić information content (AvgIpc) is 3.23. The van der Waals surface area contributed by atoms with Crippen LogP contribution in [0.3, 0.4) is 0 Å². The molecule has 0 radical (unpaired) electrons. The van der Waals surface area contributed by atoms with Gasteiger partial charge in [-0.05, 0) is 43.2 Å². The molecule has 0 aliphatic carbocycles. The fourth-order valence-electron chi connectivity index (χ4n) is 2.86. The van der Waals surface area contributed by atoms with Gasteiger partial charge in [0.15, 0.2) is 4.96 Å². The van der Waals surface area contributed by atoms with Crippen LogP contribution in [-0.4, -0.2) is 20.3 Å². The molecule has 1 N–H and O–H groups in total. The first-order valence-corrected chi connectivity index (χ1v) is 9.21. The van der Waals surface area contributed by atoms with Gasteiger partial charge in [-0.2, -0.15) is 0 Å². The second-order valence-electron chi connectivity index (χ2n) is 6.26. The van der Waals surface area contributed by atoms with Crippen molar-refractivity contribution in [1.82, 2.24) is 19.7 Å². The maximum Gasteiger partial charge on any atom is 0.269 e. The van der Waals surface area contributed by atoms with Crippen molar-refractivity contribution >= 4 is 22.2 Å². The minimum atomic E-state index is -0.113. The van der Waals surface area contributed by atoms with Crippen molar-refractivity contribution in [3.05, 3.63) is 76.7 Å². The number of hydrogen-bond acceptors (Lipinski definition) is 4. The van der Waals surface area contributed by atoms with E-state index in [1.165, 1.54) is 22.5 Å². The van der Waals surface area contributed by atoms with Gasteiger partial charge in [-0.3, -0.25) is 14.2 Å². The molecule has 26 heavy (non-hydrogen) atoms. The fourth-order valence-corrected chi connectivity index (χ4v) is 3.72. The Morgan fingerprint density at radius 2 is 2.00 bits per heavy atom. The van der Waals surface area contributed by atoms with Crippen LogP contribution in [0.5, 0.6) is 0 Å². The Morgan fingerprint density at radius 3 is 2.81 bits per heavy atom. The monoisotopic (exact) mass is 362 g/mol. The van der Waals surface area contributed by atoms with E-state index in [9.17, 15) is 4.79 Å². The SMILES string of the molecule is Cc1ccc(C)c(-c2cn3c(C(=O)NCc4ccncc4)csc3n2)c1. The Kier molecular flexibility index (Phi) is 4.26. The maximum absolute atomic E-state index is 12.6. The van der Waals surface area contributed by atoms with Gasteiger partial charge >= 0.3 is 0 Å². The van der Waals surface area contributed by atoms with Crippen LogP contribution in [0, 0.1) is 13.8 Å². The summed E-state index contributed by atoms with van der Waals surface area (Å²) in [6.07, 6.45) is 5.38. The summed E-state index contributed by atoms with van der Waals surface area (Å²) in [5, 5.41) is 4.80. The highest BCUT2D eigenvalue weighted by atomic mass is 32.1. The summed E-state index contributed by atoms with van der Waals surface area (Å²) in [5.74, 6) is -0.113. The van der Waals surface area contributed by atoms with Crippen LogP contribution in [0.25, 0.3) is 16.2 Å². The number of aryl methyl sites for hydroxylation is 2. The highest BCUT2D eigenvalue weighted by molar-refractivity contribution is 7.15. The number of benzene rings is 1. The quantitative estimate of drug-likeness (QED) is 0.597. The third-order valence-corrected chi connectivity index (χ3v) is 5.15. The summed E-state index contributed by atoms with van der Waals surface area (Å²) in [6, 6.07) is 10.1. The van der Waals surface area contributed by atoms with Gasteiger partial charge in [-0.1, -0.05) is 17.7 Å². The van der Waals surface area contributed by atoms with Crippen molar-refractivity contribution in [2.24, 2.45) is 0 Å². The first-order valence-electron chi connectivity index (χ1n) is 8.33. The number of amides is 1. The predicted octanol–water partition coefficient (Wildman–Crippen LogP) is 4.00. The molecule has 3 heterocycles. The summed E-state index contributed by atoms with van der Waals surface area (Å²) in [5.41, 5.74) is 5.97. The van der Waals surface area contributed by atoms with Crippen molar-refractivity contribution in [1.29, 1.82) is 0 Å². The van der Waals surface area contributed by atoms with Gasteiger partial charge < -0.3 is 5.32 Å². The largest absolute Gasteiger partial charge is 0.347 e. The highest BCUT2D eigenvalue weighted by Crippen LogP contribution is 2.27. The number of nitrogens with zero attached hydrogens (tertiary/aromatic N) is 3. The number of nitrogens with one attached hydrogen (secondary N) is 1. The molecule has 4 aromatic rings. The molecule has 1 amide bonds. The predicted molar refractivity (Wildman–Crippen MR) is 103 cm³/mol. The average molecular weight is 362 g/mol. The number of fused-ring (bicyclic) bond motifs is 1. The molecule has 0 aliphatic heterocycles. The molecule has 130 valence electrons. The van der Waals surface area contributed by atoms with E-state index in [4.69, 9.17) is 4.98 Å². The molecule has 1 aromatic carbocycles. The summed E-state index contributed by atoms with van der Waals surface area (Å²) in [7, 11) is 0. The minimum absolute atomic E-state index is 0.113. The number of aromatic nitrogens is 3. The molecule has 3 aromatic heterocycles. The Balaban J connectivity index is 1.62. The van der Waals surface area contributed by atoms with Gasteiger partial charge in [0.1, 0.15) is 5.69 Å². The van der Waals surface area contributed by atoms with E-state index >= 15 is 0 Å². The van der Waals surface area contributed by atoms with Crippen LogP contribution < -0.4 is 5.32 Å². The van der Waals surface area contributed by atoms with E-state index in [1.807, 2.05) is 28.1 Å². The summed E-state index contributed by atoms with van der Waals surface area (Å²) in [4.78, 5) is 22.1. The van der Waals surface area contributed by atoms with E-state index in [2.05, 4.69) is 42.3 Å². The van der Waals surface area contributed by atoms with E-state index in [0.29, 0.717) is 12.2 Å². The smallest absolute Gasteiger partial charge is 0.269 e. The molecule has 0 aliphatic rings. The first kappa shape index (κ1) is 16.5. The van der Waals surface area contributed by atoms with Crippen LogP contribution in [0.15, 0.2) is 54.3 Å². The molecule has 0 unspecified atom stereocenters. The number of carbonyl (C=O) groups is 1. The first-order chi connectivity index (χ1) is 12.6. The number of rotatable bonds is 4. The second kappa shape index (κ2) is 6.72. The van der Waals surface area contributed by atoms with Crippen molar-refractivity contribution in [3.63, 3.8) is 0 Å². The molecule has 5 nitrogen and oxygen atoms in total. The second-order valence-corrected chi connectivity index (χ2v) is 7.09. The number of pyridine rings is 1. The minimum Gasteiger partial charge on any atom is -0.347 e. The van der Waals surface area contributed by atoms with Gasteiger partial charge in [-0.15, -0.1) is 11.3 Å². The summed E-state index contributed by atoms with van der Waals surface area (Å²) >= 11 is 1.47. The van der Waals surface area contributed by atoms with Gasteiger partial charge in [0, 0.05) is 36.1 Å². The Hall–Kier alpha value is -2.99. The van der Waals surface area contributed by atoms with Crippen LogP contribution in [0.2, 0.25) is 0 Å². The number of thiazole rings is 1. The molecule has 6 heteroatoms. The molecule has 0 spiro atoms. The van der Waals surface area contributed by atoms with Crippen molar-refractivity contribution in [2.45, 2.75) is 20.4 Å². The fraction of sp³-hybridized carbons (Fsp3) is 0.150. The zero-order valence-electron chi connectivity index (χ0n) is 14.6. The Labute approximate surface area is 155 Å². The van der Waals surface area contributed by atoms with Gasteiger partial charge in [0.25, 0.3) is 5.91 Å². The summed E-state index contributed by atoms with van der Waals surface area (Å²) < 4.78 is 1.86. The molecule has 0 bridgehead atoms. The lowest BCUT2D eigenvalue weighted by Crippen LogP contribution is -2.23. The lowest BCUT2D eigenvalue weighted by atomic mass is 10.0. The van der Waals surface area contributed by atoms with Gasteiger partial charge in [0.2, 0.25) is 0 Å². The normalized spacial score (nSPS) is 11.0. The van der Waals surface area contributed by atoms with E-state index < -0.39 is 0 Å². The van der Waals surface area contributed by atoms with Crippen LogP contribution in [-0.2, 0) is 6.54 Å². The molecular formula is C20H18N4OS. The highest BCUT2D eigenvalue weighted by Gasteiger charge is 2.16. The van der Waals surface area contributed by atoms with Gasteiger partial charge in [-0.25, -0.2) is 4.98 Å². The maximum atomic E-state index is 12.6. The van der Waals surface area contributed by atoms with Crippen LogP contribution in [0.4, 0.5) is 0 Å². The van der Waals surface area contributed by atoms with Gasteiger partial charge in [0.05, 0.1) is 5.69 Å². The van der Waals surface area contributed by atoms with E-state index in [1.54, 1.807) is 12.4 Å². The van der Waals surface area contributed by atoms with Crippen molar-refractivity contribution < 1.29 is 4.79 Å². The standard InChI is InChI=1S/C20H18N4OS/c1-13-3-4-14(2)16(9-13)17-11-24-18(12-26-20(24)23-17)19(25)22-10-15-5-7-21-8-6-15/h3-9,11-12H,10H2,1-2H3,(H,22,25). The topological polar surface area (TPSA) is 59.3 Å².